The molecule has 2 aliphatic heterocycles. The van der Waals surface area contributed by atoms with Crippen LogP contribution >= 0.6 is 0 Å². The van der Waals surface area contributed by atoms with Crippen LogP contribution in [0.15, 0.2) is 149 Å². The van der Waals surface area contributed by atoms with Crippen LogP contribution in [-0.2, 0) is 0 Å². The van der Waals surface area contributed by atoms with Gasteiger partial charge in [0.15, 0.2) is 0 Å². The molecule has 43 heavy (non-hydrogen) atoms. The Kier molecular flexibility index (Phi) is 5.36. The maximum Gasteiger partial charge on any atom is 0.148 e. The van der Waals surface area contributed by atoms with Crippen molar-refractivity contribution in [2.75, 3.05) is 6.54 Å². The molecule has 0 radical (unpaired) electrons. The predicted octanol–water partition coefficient (Wildman–Crippen LogP) is 8.30. The lowest BCUT2D eigenvalue weighted by molar-refractivity contribution is 0.580. The van der Waals surface area contributed by atoms with Gasteiger partial charge in [-0.3, -0.25) is 9.88 Å². The number of fused-ring (bicyclic) bond motifs is 6. The van der Waals surface area contributed by atoms with Crippen molar-refractivity contribution >= 4 is 49.4 Å². The zero-order chi connectivity index (χ0) is 28.3. The van der Waals surface area contributed by atoms with Gasteiger partial charge in [0.05, 0.1) is 22.1 Å². The van der Waals surface area contributed by atoms with E-state index in [0.717, 1.165) is 28.2 Å². The Morgan fingerprint density at radius 3 is 1.91 bits per heavy atom. The van der Waals surface area contributed by atoms with Crippen LogP contribution in [0.4, 0.5) is 0 Å². The molecule has 0 saturated heterocycles. The topological polar surface area (TPSA) is 58.6 Å². The number of hydrogen-bond donors (Lipinski definition) is 2. The fraction of sp³-hybridized carbons (Fsp3) is 0.0811. The highest BCUT2D eigenvalue weighted by Gasteiger charge is 2.26. The number of nitrogens with one attached hydrogen (secondary N) is 2. The number of para-hydroxylation sites is 3. The Balaban J connectivity index is 1.23. The number of hydrogen-bond acceptors (Lipinski definition) is 4. The minimum absolute atomic E-state index is 0.139. The zero-order valence-electron chi connectivity index (χ0n) is 23.4. The summed E-state index contributed by atoms with van der Waals surface area (Å²) in [4.78, 5) is 0. The molecular weight excluding hydrogens is 528 g/mol. The molecule has 0 saturated carbocycles. The van der Waals surface area contributed by atoms with Gasteiger partial charge in [-0.05, 0) is 53.6 Å². The summed E-state index contributed by atoms with van der Waals surface area (Å²) in [5, 5.41) is 21.4. The molecule has 2 unspecified atom stereocenters. The lowest BCUT2D eigenvalue weighted by Gasteiger charge is -2.21. The van der Waals surface area contributed by atoms with E-state index in [-0.39, 0.29) is 12.3 Å². The van der Waals surface area contributed by atoms with E-state index in [9.17, 15) is 0 Å². The van der Waals surface area contributed by atoms with Crippen LogP contribution in [0.3, 0.4) is 0 Å². The number of azo groups is 1. The number of dihydropyridines is 1. The third kappa shape index (κ3) is 3.77. The average molecular weight is 557 g/mol. The van der Waals surface area contributed by atoms with Crippen LogP contribution in [0.2, 0.25) is 0 Å². The molecule has 4 heterocycles. The van der Waals surface area contributed by atoms with Crippen molar-refractivity contribution in [1.82, 2.24) is 19.8 Å². The monoisotopic (exact) mass is 556 g/mol. The molecule has 206 valence electrons. The van der Waals surface area contributed by atoms with Gasteiger partial charge < -0.3 is 9.88 Å². The van der Waals surface area contributed by atoms with E-state index in [2.05, 4.69) is 145 Å². The number of nitrogens with zero attached hydrogens (tertiary/aromatic N) is 4. The molecule has 5 aromatic carbocycles. The highest BCUT2D eigenvalue weighted by atomic mass is 15.4. The highest BCUT2D eigenvalue weighted by Crippen LogP contribution is 2.39. The lowest BCUT2D eigenvalue weighted by atomic mass is 10.1. The molecular formula is C37H28N6. The van der Waals surface area contributed by atoms with Crippen molar-refractivity contribution in [2.45, 2.75) is 12.3 Å². The van der Waals surface area contributed by atoms with Gasteiger partial charge in [-0.2, -0.15) is 10.2 Å². The van der Waals surface area contributed by atoms with Crippen molar-refractivity contribution < 1.29 is 0 Å². The summed E-state index contributed by atoms with van der Waals surface area (Å²) < 4.78 is 4.75. The fourth-order valence-corrected chi connectivity index (χ4v) is 6.73. The summed E-state index contributed by atoms with van der Waals surface area (Å²) >= 11 is 0. The van der Waals surface area contributed by atoms with Crippen LogP contribution in [0, 0.1) is 0 Å². The SMILES string of the molecule is C1=C(C2N=NC(c3ccccc3)N2)C=C(n2c3ccccc3c3cc4c5ccccc5n(-c5ccccc5)c4cc32)NC1. The number of aromatic nitrogens is 2. The minimum Gasteiger partial charge on any atom is -0.368 e. The first kappa shape index (κ1) is 24.2. The summed E-state index contributed by atoms with van der Waals surface area (Å²) in [5.74, 6) is 1.03. The summed E-state index contributed by atoms with van der Waals surface area (Å²) in [6, 6.07) is 43.0. The summed E-state index contributed by atoms with van der Waals surface area (Å²) in [6.45, 7) is 0.714. The smallest absolute Gasteiger partial charge is 0.148 e. The van der Waals surface area contributed by atoms with Gasteiger partial charge in [0.25, 0.3) is 0 Å². The third-order valence-electron chi connectivity index (χ3n) is 8.69. The molecule has 0 amide bonds. The normalized spacial score (nSPS) is 18.4. The van der Waals surface area contributed by atoms with E-state index >= 15 is 0 Å². The van der Waals surface area contributed by atoms with Gasteiger partial charge in [-0.1, -0.05) is 91.0 Å². The van der Waals surface area contributed by atoms with Crippen molar-refractivity contribution in [3.05, 3.63) is 145 Å². The van der Waals surface area contributed by atoms with E-state index in [1.807, 2.05) is 18.2 Å². The molecule has 9 rings (SSSR count). The molecule has 2 aromatic heterocycles. The first-order valence-corrected chi connectivity index (χ1v) is 14.7. The van der Waals surface area contributed by atoms with Gasteiger partial charge in [0.1, 0.15) is 18.2 Å². The Morgan fingerprint density at radius 1 is 0.558 bits per heavy atom. The quantitative estimate of drug-likeness (QED) is 0.229. The molecule has 0 spiro atoms. The third-order valence-corrected chi connectivity index (χ3v) is 8.69. The Morgan fingerprint density at radius 2 is 1.16 bits per heavy atom. The first-order valence-electron chi connectivity index (χ1n) is 14.7. The summed E-state index contributed by atoms with van der Waals surface area (Å²) in [5.41, 5.74) is 8.11. The van der Waals surface area contributed by atoms with Crippen molar-refractivity contribution in [2.24, 2.45) is 10.2 Å². The molecule has 0 fully saturated rings. The van der Waals surface area contributed by atoms with E-state index in [0.29, 0.717) is 6.54 Å². The Bertz CT molecular complexity index is 2270. The second-order valence-electron chi connectivity index (χ2n) is 11.2. The Hall–Kier alpha value is -5.46. The second kappa shape index (κ2) is 9.54. The minimum atomic E-state index is -0.192. The van der Waals surface area contributed by atoms with Gasteiger partial charge in [-0.25, -0.2) is 0 Å². The average Bonchev–Trinajstić information content (AvgIpc) is 3.78. The van der Waals surface area contributed by atoms with Crippen LogP contribution in [0.5, 0.6) is 0 Å². The van der Waals surface area contributed by atoms with Gasteiger partial charge in [-0.15, -0.1) is 0 Å². The summed E-state index contributed by atoms with van der Waals surface area (Å²) in [6.07, 6.45) is 4.09. The number of rotatable bonds is 4. The molecule has 2 N–H and O–H groups in total. The van der Waals surface area contributed by atoms with Gasteiger partial charge in [0.2, 0.25) is 0 Å². The van der Waals surface area contributed by atoms with Gasteiger partial charge >= 0.3 is 0 Å². The van der Waals surface area contributed by atoms with Gasteiger partial charge in [0, 0.05) is 33.8 Å². The van der Waals surface area contributed by atoms with E-state index in [1.54, 1.807) is 0 Å². The lowest BCUT2D eigenvalue weighted by Crippen LogP contribution is -2.30. The van der Waals surface area contributed by atoms with Crippen LogP contribution < -0.4 is 10.6 Å². The first-order chi connectivity index (χ1) is 21.3. The van der Waals surface area contributed by atoms with Crippen molar-refractivity contribution in [3.63, 3.8) is 0 Å². The molecule has 6 heteroatoms. The second-order valence-corrected chi connectivity index (χ2v) is 11.2. The molecule has 7 aromatic rings. The largest absolute Gasteiger partial charge is 0.368 e. The fourth-order valence-electron chi connectivity index (χ4n) is 6.73. The maximum absolute atomic E-state index is 4.63. The highest BCUT2D eigenvalue weighted by molar-refractivity contribution is 6.19. The number of benzene rings is 5. The molecule has 2 aliphatic rings. The van der Waals surface area contributed by atoms with Crippen LogP contribution in [-0.4, -0.2) is 21.8 Å². The Labute approximate surface area is 248 Å². The molecule has 0 bridgehead atoms. The standard InChI is InChI=1S/C37H28N6/c1-3-11-24(12-4-1)36-39-37(41-40-36)25-19-20-38-35(21-25)43-32-18-10-8-16-28(32)30-22-29-27-15-7-9-17-31(27)42(33(29)23-34(30)43)26-13-5-2-6-14-26/h1-19,21-23,36-39H,20H2. The predicted molar refractivity (Wildman–Crippen MR) is 175 cm³/mol. The van der Waals surface area contributed by atoms with E-state index in [4.69, 9.17) is 0 Å². The van der Waals surface area contributed by atoms with Crippen molar-refractivity contribution in [1.29, 1.82) is 0 Å². The van der Waals surface area contributed by atoms with Crippen LogP contribution in [0.25, 0.3) is 55.1 Å². The van der Waals surface area contributed by atoms with E-state index in [1.165, 1.54) is 38.1 Å². The van der Waals surface area contributed by atoms with Crippen LogP contribution in [0.1, 0.15) is 11.7 Å². The molecule has 0 aliphatic carbocycles. The molecule has 6 nitrogen and oxygen atoms in total. The van der Waals surface area contributed by atoms with E-state index < -0.39 is 0 Å². The van der Waals surface area contributed by atoms with Crippen molar-refractivity contribution in [3.8, 4) is 5.69 Å². The maximum atomic E-state index is 4.63. The zero-order valence-corrected chi connectivity index (χ0v) is 23.4. The molecule has 2 atom stereocenters. The summed E-state index contributed by atoms with van der Waals surface area (Å²) in [7, 11) is 0.